The van der Waals surface area contributed by atoms with Gasteiger partial charge in [-0.25, -0.2) is 9.37 Å². The van der Waals surface area contributed by atoms with Crippen LogP contribution in [0.2, 0.25) is 0 Å². The standard InChI is InChI=1S/C21H21FN2O3S/c1-12-10-13(6-7-15(12)22)16(25)11-24-18(8-9-27-2)23-20-19(21(24)26)14-4-3-5-17(14)28-20/h6-7,10H,3-5,8-9,11H2,1-2H3. The summed E-state index contributed by atoms with van der Waals surface area (Å²) in [6.45, 7) is 1.91. The minimum atomic E-state index is -0.355. The molecule has 0 atom stereocenters. The second kappa shape index (κ2) is 7.56. The molecule has 2 aromatic heterocycles. The average Bonchev–Trinajstić information content (AvgIpc) is 3.25. The van der Waals surface area contributed by atoms with Crippen molar-refractivity contribution in [3.8, 4) is 0 Å². The molecule has 0 bridgehead atoms. The van der Waals surface area contributed by atoms with Crippen LogP contribution >= 0.6 is 11.3 Å². The predicted molar refractivity (Wildman–Crippen MR) is 107 cm³/mol. The van der Waals surface area contributed by atoms with Gasteiger partial charge in [-0.15, -0.1) is 11.3 Å². The molecule has 0 saturated carbocycles. The van der Waals surface area contributed by atoms with Gasteiger partial charge in [0.25, 0.3) is 5.56 Å². The molecule has 1 aliphatic carbocycles. The van der Waals surface area contributed by atoms with Crippen LogP contribution in [0.1, 0.15) is 38.6 Å². The summed E-state index contributed by atoms with van der Waals surface area (Å²) < 4.78 is 20.2. The number of ketones is 1. The van der Waals surface area contributed by atoms with Gasteiger partial charge in [0.15, 0.2) is 5.78 Å². The number of nitrogens with zero attached hydrogens (tertiary/aromatic N) is 2. The summed E-state index contributed by atoms with van der Waals surface area (Å²) in [6.07, 6.45) is 3.36. The third-order valence-corrected chi connectivity index (χ3v) is 6.40. The van der Waals surface area contributed by atoms with E-state index in [1.165, 1.54) is 27.6 Å². The first-order valence-corrected chi connectivity index (χ1v) is 10.1. The van der Waals surface area contributed by atoms with E-state index in [0.29, 0.717) is 35.4 Å². The van der Waals surface area contributed by atoms with Gasteiger partial charge < -0.3 is 4.74 Å². The van der Waals surface area contributed by atoms with Crippen molar-refractivity contribution in [1.82, 2.24) is 9.55 Å². The highest BCUT2D eigenvalue weighted by molar-refractivity contribution is 7.18. The van der Waals surface area contributed by atoms with Crippen LogP contribution in [0.25, 0.3) is 10.2 Å². The summed E-state index contributed by atoms with van der Waals surface area (Å²) in [5, 5.41) is 0.654. The van der Waals surface area contributed by atoms with Crippen LogP contribution in [0.4, 0.5) is 4.39 Å². The van der Waals surface area contributed by atoms with E-state index in [4.69, 9.17) is 9.72 Å². The molecule has 0 spiro atoms. The Balaban J connectivity index is 1.79. The zero-order valence-electron chi connectivity index (χ0n) is 15.9. The molecule has 4 rings (SSSR count). The molecule has 3 aromatic rings. The number of carbonyl (C=O) groups excluding carboxylic acids is 1. The second-order valence-corrected chi connectivity index (χ2v) is 8.17. The second-order valence-electron chi connectivity index (χ2n) is 7.09. The number of ether oxygens (including phenoxy) is 1. The van der Waals surface area contributed by atoms with Gasteiger partial charge in [0.1, 0.15) is 16.5 Å². The number of hydrogen-bond acceptors (Lipinski definition) is 5. The van der Waals surface area contributed by atoms with Crippen LogP contribution in [0, 0.1) is 12.7 Å². The lowest BCUT2D eigenvalue weighted by molar-refractivity contribution is 0.0968. The third kappa shape index (κ3) is 3.29. The summed E-state index contributed by atoms with van der Waals surface area (Å²) in [7, 11) is 1.59. The maximum atomic E-state index is 13.5. The van der Waals surface area contributed by atoms with Crippen LogP contribution in [-0.4, -0.2) is 29.1 Å². The van der Waals surface area contributed by atoms with Crippen molar-refractivity contribution in [3.05, 3.63) is 61.8 Å². The highest BCUT2D eigenvalue weighted by atomic mass is 32.1. The summed E-state index contributed by atoms with van der Waals surface area (Å²) in [4.78, 5) is 32.8. The molecule has 0 saturated heterocycles. The van der Waals surface area contributed by atoms with Crippen molar-refractivity contribution in [2.75, 3.05) is 13.7 Å². The number of carbonyl (C=O) groups is 1. The molecule has 0 aliphatic heterocycles. The zero-order valence-corrected chi connectivity index (χ0v) is 16.7. The number of aromatic nitrogens is 2. The van der Waals surface area contributed by atoms with Crippen molar-refractivity contribution in [2.24, 2.45) is 0 Å². The normalized spacial score (nSPS) is 13.2. The van der Waals surface area contributed by atoms with Crippen molar-refractivity contribution in [3.63, 3.8) is 0 Å². The van der Waals surface area contributed by atoms with Gasteiger partial charge in [0, 0.05) is 24.0 Å². The summed E-state index contributed by atoms with van der Waals surface area (Å²) in [6, 6.07) is 4.26. The minimum Gasteiger partial charge on any atom is -0.384 e. The maximum absolute atomic E-state index is 13.5. The van der Waals surface area contributed by atoms with E-state index >= 15 is 0 Å². The molecule has 0 radical (unpaired) electrons. The number of aryl methyl sites for hydroxylation is 3. The number of benzene rings is 1. The highest BCUT2D eigenvalue weighted by Crippen LogP contribution is 2.34. The molecular weight excluding hydrogens is 379 g/mol. The van der Waals surface area contributed by atoms with Gasteiger partial charge in [-0.05, 0) is 55.5 Å². The van der Waals surface area contributed by atoms with Gasteiger partial charge in [0.05, 0.1) is 18.5 Å². The van der Waals surface area contributed by atoms with Gasteiger partial charge in [-0.3, -0.25) is 14.2 Å². The summed E-state index contributed by atoms with van der Waals surface area (Å²) >= 11 is 1.58. The molecule has 1 aromatic carbocycles. The summed E-state index contributed by atoms with van der Waals surface area (Å²) in [5.41, 5.74) is 1.72. The molecular formula is C21H21FN2O3S. The monoisotopic (exact) mass is 400 g/mol. The molecule has 7 heteroatoms. The predicted octanol–water partition coefficient (Wildman–Crippen LogP) is 3.47. The van der Waals surface area contributed by atoms with Crippen LogP contribution in [0.3, 0.4) is 0 Å². The van der Waals surface area contributed by atoms with E-state index in [2.05, 4.69) is 0 Å². The van der Waals surface area contributed by atoms with Crippen LogP contribution < -0.4 is 5.56 Å². The topological polar surface area (TPSA) is 61.2 Å². The summed E-state index contributed by atoms with van der Waals surface area (Å²) in [5.74, 6) is -0.0465. The molecule has 0 amide bonds. The van der Waals surface area contributed by atoms with Crippen LogP contribution in [-0.2, 0) is 30.5 Å². The highest BCUT2D eigenvalue weighted by Gasteiger charge is 2.24. The molecule has 5 nitrogen and oxygen atoms in total. The lowest BCUT2D eigenvalue weighted by Crippen LogP contribution is -2.29. The average molecular weight is 400 g/mol. The minimum absolute atomic E-state index is 0.115. The van der Waals surface area contributed by atoms with Gasteiger partial charge in [-0.2, -0.15) is 0 Å². The zero-order chi connectivity index (χ0) is 19.8. The molecule has 0 unspecified atom stereocenters. The van der Waals surface area contributed by atoms with Crippen molar-refractivity contribution < 1.29 is 13.9 Å². The Labute approximate surface area is 165 Å². The van der Waals surface area contributed by atoms with Gasteiger partial charge in [-0.1, -0.05) is 0 Å². The molecule has 28 heavy (non-hydrogen) atoms. The molecule has 146 valence electrons. The van der Waals surface area contributed by atoms with Crippen molar-refractivity contribution in [2.45, 2.75) is 39.2 Å². The largest absolute Gasteiger partial charge is 0.384 e. The number of thiophene rings is 1. The van der Waals surface area contributed by atoms with E-state index in [1.54, 1.807) is 25.4 Å². The third-order valence-electron chi connectivity index (χ3n) is 5.22. The van der Waals surface area contributed by atoms with Crippen molar-refractivity contribution in [1.29, 1.82) is 0 Å². The first kappa shape index (κ1) is 19.0. The lowest BCUT2D eigenvalue weighted by Gasteiger charge is -2.12. The number of halogens is 1. The SMILES string of the molecule is COCCc1nc2sc3c(c2c(=O)n1CC(=O)c1ccc(F)c(C)c1)CCC3. The Kier molecular flexibility index (Phi) is 5.12. The fraction of sp³-hybridized carbons (Fsp3) is 0.381. The Bertz CT molecular complexity index is 1130. The fourth-order valence-corrected chi connectivity index (χ4v) is 4.99. The van der Waals surface area contributed by atoms with E-state index in [9.17, 15) is 14.0 Å². The number of Topliss-reactive ketones (excluding diaryl/α,β-unsaturated/α-hetero) is 1. The number of hydrogen-bond donors (Lipinski definition) is 0. The van der Waals surface area contributed by atoms with E-state index in [-0.39, 0.29) is 23.7 Å². The van der Waals surface area contributed by atoms with E-state index in [0.717, 1.165) is 29.7 Å². The fourth-order valence-electron chi connectivity index (χ4n) is 3.72. The van der Waals surface area contributed by atoms with E-state index in [1.807, 2.05) is 0 Å². The van der Waals surface area contributed by atoms with Gasteiger partial charge in [0.2, 0.25) is 0 Å². The Hall–Kier alpha value is -2.38. The molecule has 0 fully saturated rings. The molecule has 1 aliphatic rings. The smallest absolute Gasteiger partial charge is 0.262 e. The number of methoxy groups -OCH3 is 1. The Morgan fingerprint density at radius 3 is 2.93 bits per heavy atom. The molecule has 0 N–H and O–H groups in total. The van der Waals surface area contributed by atoms with Crippen LogP contribution in [0.5, 0.6) is 0 Å². The van der Waals surface area contributed by atoms with E-state index < -0.39 is 0 Å². The quantitative estimate of drug-likeness (QED) is 0.595. The Morgan fingerprint density at radius 1 is 1.36 bits per heavy atom. The first-order chi connectivity index (χ1) is 13.5. The van der Waals surface area contributed by atoms with Crippen molar-refractivity contribution >= 4 is 27.3 Å². The number of rotatable bonds is 6. The molecule has 2 heterocycles. The lowest BCUT2D eigenvalue weighted by atomic mass is 10.1. The number of fused-ring (bicyclic) bond motifs is 3. The van der Waals surface area contributed by atoms with Gasteiger partial charge >= 0.3 is 0 Å². The Morgan fingerprint density at radius 2 is 2.18 bits per heavy atom. The first-order valence-electron chi connectivity index (χ1n) is 9.32. The van der Waals surface area contributed by atoms with Crippen LogP contribution in [0.15, 0.2) is 23.0 Å². The maximum Gasteiger partial charge on any atom is 0.262 e.